The Morgan fingerprint density at radius 1 is 1.15 bits per heavy atom. The number of hydrogen-bond acceptors (Lipinski definition) is 5. The van der Waals surface area contributed by atoms with E-state index in [9.17, 15) is 4.79 Å². The Hall–Kier alpha value is -2.89. The van der Waals surface area contributed by atoms with Crippen LogP contribution in [0.25, 0.3) is 5.57 Å². The third-order valence-corrected chi connectivity index (χ3v) is 6.38. The summed E-state index contributed by atoms with van der Waals surface area (Å²) in [6, 6.07) is 16.5. The predicted octanol–water partition coefficient (Wildman–Crippen LogP) is 6.19. The Kier molecular flexibility index (Phi) is 8.20. The molecule has 2 aromatic rings. The van der Waals surface area contributed by atoms with E-state index in [1.165, 1.54) is 11.1 Å². The molecule has 5 nitrogen and oxygen atoms in total. The molecule has 1 aliphatic heterocycles. The molecule has 1 spiro atoms. The molecule has 1 unspecified atom stereocenters. The summed E-state index contributed by atoms with van der Waals surface area (Å²) in [5.41, 5.74) is 4.77. The number of esters is 1. The van der Waals surface area contributed by atoms with Crippen molar-refractivity contribution in [1.82, 2.24) is 0 Å². The van der Waals surface area contributed by atoms with Crippen molar-refractivity contribution in [1.29, 1.82) is 0 Å². The van der Waals surface area contributed by atoms with Gasteiger partial charge in [-0.1, -0.05) is 48.6 Å². The van der Waals surface area contributed by atoms with E-state index in [1.54, 1.807) is 0 Å². The zero-order chi connectivity index (χ0) is 23.8. The van der Waals surface area contributed by atoms with E-state index in [0.717, 1.165) is 36.1 Å². The summed E-state index contributed by atoms with van der Waals surface area (Å²) in [6.07, 6.45) is 9.24. The van der Waals surface area contributed by atoms with Gasteiger partial charge >= 0.3 is 5.97 Å². The molecule has 1 saturated heterocycles. The highest BCUT2D eigenvalue weighted by Crippen LogP contribution is 2.38. The summed E-state index contributed by atoms with van der Waals surface area (Å²) in [7, 11) is 0. The number of carbonyl (C=O) groups is 1. The standard InChI is InChI=1S/C29H34O5/c1-3-6-25(20-28(30)31-4-2)23-9-11-27(12-10-23)32-21-22-7-5-8-26(19-22)24-13-15-29(16-14-24)33-17-18-34-29/h3,5-13,19,25H,4,14-18,20-21H2,1-2H3. The molecule has 1 fully saturated rings. The molecule has 0 aromatic heterocycles. The van der Waals surface area contributed by atoms with Crippen molar-refractivity contribution in [3.05, 3.63) is 83.4 Å². The first kappa shape index (κ1) is 24.2. The molecule has 0 N–H and O–H groups in total. The van der Waals surface area contributed by atoms with Gasteiger partial charge in [-0.15, -0.1) is 0 Å². The first-order valence-electron chi connectivity index (χ1n) is 12.2. The van der Waals surface area contributed by atoms with Crippen molar-refractivity contribution >= 4 is 11.5 Å². The van der Waals surface area contributed by atoms with Crippen LogP contribution in [0.4, 0.5) is 0 Å². The number of benzene rings is 2. The molecule has 2 aliphatic rings. The van der Waals surface area contributed by atoms with E-state index < -0.39 is 5.79 Å². The van der Waals surface area contributed by atoms with E-state index in [2.05, 4.69) is 30.3 Å². The fourth-order valence-electron chi connectivity index (χ4n) is 4.60. The lowest BCUT2D eigenvalue weighted by molar-refractivity contribution is -0.159. The minimum absolute atomic E-state index is 0.00211. The van der Waals surface area contributed by atoms with Gasteiger partial charge in [-0.3, -0.25) is 4.79 Å². The smallest absolute Gasteiger partial charge is 0.306 e. The van der Waals surface area contributed by atoms with E-state index in [0.29, 0.717) is 32.8 Å². The maximum absolute atomic E-state index is 11.9. The average molecular weight is 463 g/mol. The van der Waals surface area contributed by atoms with E-state index in [-0.39, 0.29) is 11.9 Å². The van der Waals surface area contributed by atoms with E-state index >= 15 is 0 Å². The predicted molar refractivity (Wildman–Crippen MR) is 132 cm³/mol. The Labute approximate surface area is 202 Å². The normalized spacial score (nSPS) is 18.1. The van der Waals surface area contributed by atoms with Crippen molar-refractivity contribution in [3.63, 3.8) is 0 Å². The molecule has 1 atom stereocenters. The van der Waals surface area contributed by atoms with Gasteiger partial charge in [0.15, 0.2) is 5.79 Å². The highest BCUT2D eigenvalue weighted by Gasteiger charge is 2.37. The third-order valence-electron chi connectivity index (χ3n) is 6.38. The Morgan fingerprint density at radius 2 is 1.94 bits per heavy atom. The second-order valence-electron chi connectivity index (χ2n) is 8.74. The molecule has 180 valence electrons. The summed E-state index contributed by atoms with van der Waals surface area (Å²) in [5, 5.41) is 0. The lowest BCUT2D eigenvalue weighted by atomic mass is 9.89. The molecular weight excluding hydrogens is 428 g/mol. The van der Waals surface area contributed by atoms with Crippen LogP contribution in [0.15, 0.2) is 66.8 Å². The minimum atomic E-state index is -0.390. The van der Waals surface area contributed by atoms with Gasteiger partial charge in [0.05, 0.1) is 26.2 Å². The van der Waals surface area contributed by atoms with Crippen LogP contribution in [0, 0.1) is 0 Å². The largest absolute Gasteiger partial charge is 0.489 e. The molecule has 0 radical (unpaired) electrons. The number of allylic oxidation sites excluding steroid dienone is 3. The Morgan fingerprint density at radius 3 is 2.62 bits per heavy atom. The van der Waals surface area contributed by atoms with Crippen LogP contribution in [0.1, 0.15) is 62.1 Å². The molecule has 1 heterocycles. The van der Waals surface area contributed by atoms with Crippen LogP contribution >= 0.6 is 0 Å². The molecule has 0 bridgehead atoms. The van der Waals surface area contributed by atoms with E-state index in [4.69, 9.17) is 18.9 Å². The molecule has 5 heteroatoms. The van der Waals surface area contributed by atoms with Gasteiger partial charge in [0.2, 0.25) is 0 Å². The monoisotopic (exact) mass is 462 g/mol. The van der Waals surface area contributed by atoms with Crippen LogP contribution in [-0.4, -0.2) is 31.6 Å². The van der Waals surface area contributed by atoms with Crippen molar-refractivity contribution in [2.75, 3.05) is 19.8 Å². The van der Waals surface area contributed by atoms with Crippen molar-refractivity contribution < 1.29 is 23.7 Å². The number of hydrogen-bond donors (Lipinski definition) is 0. The summed E-state index contributed by atoms with van der Waals surface area (Å²) in [4.78, 5) is 11.9. The molecule has 0 saturated carbocycles. The van der Waals surface area contributed by atoms with Crippen LogP contribution in [0.2, 0.25) is 0 Å². The lowest BCUT2D eigenvalue weighted by Gasteiger charge is -2.30. The summed E-state index contributed by atoms with van der Waals surface area (Å²) >= 11 is 0. The fraction of sp³-hybridized carbons (Fsp3) is 0.414. The van der Waals surface area contributed by atoms with Crippen molar-refractivity contribution in [2.45, 2.75) is 57.8 Å². The van der Waals surface area contributed by atoms with Gasteiger partial charge in [0.25, 0.3) is 0 Å². The topological polar surface area (TPSA) is 54.0 Å². The van der Waals surface area contributed by atoms with Gasteiger partial charge in [-0.2, -0.15) is 0 Å². The SMILES string of the molecule is CC=CC(CC(=O)OCC)c1ccc(OCc2cccc(C3=CCC4(CC3)OCCO4)c2)cc1. The number of rotatable bonds is 9. The second kappa shape index (κ2) is 11.5. The maximum atomic E-state index is 11.9. The van der Waals surface area contributed by atoms with Crippen LogP contribution in [0.3, 0.4) is 0 Å². The first-order valence-corrected chi connectivity index (χ1v) is 12.2. The zero-order valence-corrected chi connectivity index (χ0v) is 20.1. The third kappa shape index (κ3) is 6.16. The van der Waals surface area contributed by atoms with Crippen LogP contribution < -0.4 is 4.74 Å². The molecule has 4 rings (SSSR count). The van der Waals surface area contributed by atoms with Gasteiger partial charge < -0.3 is 18.9 Å². The first-order chi connectivity index (χ1) is 16.6. The molecule has 2 aromatic carbocycles. The molecule has 0 amide bonds. The Balaban J connectivity index is 1.35. The second-order valence-corrected chi connectivity index (χ2v) is 8.74. The molecule has 1 aliphatic carbocycles. The highest BCUT2D eigenvalue weighted by atomic mass is 16.7. The van der Waals surface area contributed by atoms with Crippen molar-refractivity contribution in [3.8, 4) is 5.75 Å². The highest BCUT2D eigenvalue weighted by molar-refractivity contribution is 5.71. The quantitative estimate of drug-likeness (QED) is 0.329. The van der Waals surface area contributed by atoms with E-state index in [1.807, 2.05) is 50.3 Å². The molecular formula is C29H34O5. The fourth-order valence-corrected chi connectivity index (χ4v) is 4.60. The van der Waals surface area contributed by atoms with Crippen LogP contribution in [0.5, 0.6) is 5.75 Å². The van der Waals surface area contributed by atoms with Gasteiger partial charge in [0.1, 0.15) is 12.4 Å². The minimum Gasteiger partial charge on any atom is -0.489 e. The zero-order valence-electron chi connectivity index (χ0n) is 20.1. The Bertz CT molecular complexity index is 1020. The molecule has 34 heavy (non-hydrogen) atoms. The van der Waals surface area contributed by atoms with Gasteiger partial charge in [-0.05, 0) is 60.7 Å². The maximum Gasteiger partial charge on any atom is 0.306 e. The summed E-state index contributed by atoms with van der Waals surface area (Å²) in [5.74, 6) is 0.229. The summed E-state index contributed by atoms with van der Waals surface area (Å²) in [6.45, 7) is 6.07. The average Bonchev–Trinajstić information content (AvgIpc) is 3.31. The number of carbonyl (C=O) groups excluding carboxylic acids is 1. The summed E-state index contributed by atoms with van der Waals surface area (Å²) < 4.78 is 22.8. The van der Waals surface area contributed by atoms with Crippen molar-refractivity contribution in [2.24, 2.45) is 0 Å². The van der Waals surface area contributed by atoms with Gasteiger partial charge in [0, 0.05) is 18.8 Å². The van der Waals surface area contributed by atoms with Gasteiger partial charge in [-0.25, -0.2) is 0 Å². The number of ether oxygens (including phenoxy) is 4. The lowest BCUT2D eigenvalue weighted by Crippen LogP contribution is -2.31. The van der Waals surface area contributed by atoms with Crippen LogP contribution in [-0.2, 0) is 25.6 Å².